The van der Waals surface area contributed by atoms with E-state index < -0.39 is 5.92 Å². The van der Waals surface area contributed by atoms with E-state index in [1.165, 1.54) is 5.56 Å². The van der Waals surface area contributed by atoms with Gasteiger partial charge in [-0.25, -0.2) is 0 Å². The van der Waals surface area contributed by atoms with Crippen LogP contribution in [-0.2, 0) is 20.8 Å². The van der Waals surface area contributed by atoms with Crippen molar-refractivity contribution in [1.29, 1.82) is 0 Å². The molecule has 7 heteroatoms. The van der Waals surface area contributed by atoms with Gasteiger partial charge in [0.2, 0.25) is 0 Å². The minimum absolute atomic E-state index is 0.0903. The van der Waals surface area contributed by atoms with Crippen LogP contribution in [0.4, 0.5) is 5.69 Å². The van der Waals surface area contributed by atoms with E-state index in [0.29, 0.717) is 30.9 Å². The molecule has 0 spiro atoms. The number of Topliss-reactive ketones (excluding diaryl/α,β-unsaturated/α-hetero) is 2. The van der Waals surface area contributed by atoms with Gasteiger partial charge in [0.15, 0.2) is 29.7 Å². The number of benzene rings is 3. The summed E-state index contributed by atoms with van der Waals surface area (Å²) in [5, 5.41) is 2.92. The van der Waals surface area contributed by atoms with E-state index in [0.717, 1.165) is 64.2 Å². The fourth-order valence-corrected chi connectivity index (χ4v) is 7.80. The highest BCUT2D eigenvalue weighted by molar-refractivity contribution is 6.07. The Kier molecular flexibility index (Phi) is 9.31. The molecule has 1 heterocycles. The summed E-state index contributed by atoms with van der Waals surface area (Å²) < 4.78 is 11.8. The largest absolute Gasteiger partial charge is 0.493 e. The Bertz CT molecular complexity index is 1810. The summed E-state index contributed by atoms with van der Waals surface area (Å²) in [5.74, 6) is 0.259. The van der Waals surface area contributed by atoms with Crippen molar-refractivity contribution in [3.8, 4) is 11.5 Å². The van der Waals surface area contributed by atoms with E-state index >= 15 is 0 Å². The Labute approximate surface area is 290 Å². The Hall–Kier alpha value is -4.65. The van der Waals surface area contributed by atoms with E-state index in [-0.39, 0.29) is 34.9 Å². The zero-order chi connectivity index (χ0) is 35.1. The second-order valence-electron chi connectivity index (χ2n) is 15.5. The summed E-state index contributed by atoms with van der Waals surface area (Å²) >= 11 is 0. The van der Waals surface area contributed by atoms with Crippen molar-refractivity contribution in [2.45, 2.75) is 79.6 Å². The van der Waals surface area contributed by atoms with Crippen molar-refractivity contribution in [3.05, 3.63) is 112 Å². The van der Waals surface area contributed by atoms with Gasteiger partial charge in [0.25, 0.3) is 5.91 Å². The molecule has 256 valence electrons. The number of rotatable bonds is 9. The average Bonchev–Trinajstić information content (AvgIpc) is 3.03. The fraction of sp³-hybridized carbons (Fsp3) is 0.405. The first-order valence-corrected chi connectivity index (χ1v) is 17.3. The van der Waals surface area contributed by atoms with Crippen LogP contribution in [0.15, 0.2) is 89.3 Å². The minimum atomic E-state index is -0.499. The monoisotopic (exact) mass is 660 g/mol. The highest BCUT2D eigenvalue weighted by atomic mass is 16.5. The molecule has 0 unspecified atom stereocenters. The number of ketones is 2. The van der Waals surface area contributed by atoms with Crippen molar-refractivity contribution in [2.75, 3.05) is 25.6 Å². The van der Waals surface area contributed by atoms with E-state index in [2.05, 4.69) is 62.2 Å². The van der Waals surface area contributed by atoms with Gasteiger partial charge < -0.3 is 19.7 Å². The molecule has 3 aliphatic rings. The standard InChI is InChI=1S/C42H48N2O5/c1-26-13-15-30(27(2)19-26)43-37(47)25-49-35-16-14-29(20-36(35)48-7)38-39-31(21-41(3,4)23-33(39)45)44(18-17-28-11-9-8-10-12-28)32-22-42(5,6)24-34(46)40(32)38/h8-16,19-20,38H,17-18,21-25H2,1-7H3,(H,43,47). The number of ether oxygens (including phenoxy) is 2. The van der Waals surface area contributed by atoms with Gasteiger partial charge in [-0.3, -0.25) is 14.4 Å². The molecule has 1 aliphatic heterocycles. The zero-order valence-electron chi connectivity index (χ0n) is 29.9. The summed E-state index contributed by atoms with van der Waals surface area (Å²) in [7, 11) is 1.56. The van der Waals surface area contributed by atoms with Gasteiger partial charge in [0, 0.05) is 53.5 Å². The van der Waals surface area contributed by atoms with Crippen LogP contribution in [0, 0.1) is 24.7 Å². The molecule has 3 aromatic rings. The van der Waals surface area contributed by atoms with E-state index in [1.807, 2.05) is 50.2 Å². The number of allylic oxidation sites excluding steroid dienone is 4. The number of nitrogens with one attached hydrogen (secondary N) is 1. The first-order valence-electron chi connectivity index (χ1n) is 17.3. The van der Waals surface area contributed by atoms with Crippen LogP contribution in [-0.4, -0.2) is 42.6 Å². The molecule has 0 saturated heterocycles. The number of methoxy groups -OCH3 is 1. The van der Waals surface area contributed by atoms with Gasteiger partial charge >= 0.3 is 0 Å². The van der Waals surface area contributed by atoms with Crippen molar-refractivity contribution < 1.29 is 23.9 Å². The minimum Gasteiger partial charge on any atom is -0.493 e. The number of nitrogens with zero attached hydrogens (tertiary/aromatic N) is 1. The van der Waals surface area contributed by atoms with E-state index in [1.54, 1.807) is 13.2 Å². The fourth-order valence-electron chi connectivity index (χ4n) is 7.80. The number of hydrogen-bond donors (Lipinski definition) is 1. The number of aryl methyl sites for hydroxylation is 2. The van der Waals surface area contributed by atoms with E-state index in [9.17, 15) is 14.4 Å². The molecule has 1 amide bonds. The maximum atomic E-state index is 14.2. The summed E-state index contributed by atoms with van der Waals surface area (Å²) in [4.78, 5) is 43.6. The molecule has 49 heavy (non-hydrogen) atoms. The lowest BCUT2D eigenvalue weighted by atomic mass is 9.63. The van der Waals surface area contributed by atoms with Crippen molar-refractivity contribution in [3.63, 3.8) is 0 Å². The van der Waals surface area contributed by atoms with Crippen LogP contribution in [0.1, 0.15) is 81.5 Å². The van der Waals surface area contributed by atoms with Crippen LogP contribution in [0.3, 0.4) is 0 Å². The van der Waals surface area contributed by atoms with Crippen LogP contribution < -0.4 is 14.8 Å². The predicted octanol–water partition coefficient (Wildman–Crippen LogP) is 8.26. The Morgan fingerprint density at radius 1 is 0.816 bits per heavy atom. The summed E-state index contributed by atoms with van der Waals surface area (Å²) in [6.45, 7) is 13.1. The summed E-state index contributed by atoms with van der Waals surface area (Å²) in [6.07, 6.45) is 3.15. The number of amides is 1. The van der Waals surface area contributed by atoms with Crippen molar-refractivity contribution in [2.24, 2.45) is 10.8 Å². The number of hydrogen-bond acceptors (Lipinski definition) is 6. The lowest BCUT2D eigenvalue weighted by Crippen LogP contribution is -2.45. The Morgan fingerprint density at radius 2 is 1.45 bits per heavy atom. The lowest BCUT2D eigenvalue weighted by molar-refractivity contribution is -0.120. The Morgan fingerprint density at radius 3 is 2.04 bits per heavy atom. The predicted molar refractivity (Wildman–Crippen MR) is 193 cm³/mol. The second-order valence-corrected chi connectivity index (χ2v) is 15.5. The summed E-state index contributed by atoms with van der Waals surface area (Å²) in [5.41, 5.74) is 7.99. The molecule has 3 aromatic carbocycles. The smallest absolute Gasteiger partial charge is 0.262 e. The van der Waals surface area contributed by atoms with Crippen LogP contribution in [0.5, 0.6) is 11.5 Å². The van der Waals surface area contributed by atoms with Gasteiger partial charge in [-0.05, 0) is 78.8 Å². The Balaban J connectivity index is 1.37. The molecule has 0 saturated carbocycles. The topological polar surface area (TPSA) is 84.9 Å². The molecule has 6 rings (SSSR count). The van der Waals surface area contributed by atoms with Gasteiger partial charge in [-0.15, -0.1) is 0 Å². The number of carbonyl (C=O) groups excluding carboxylic acids is 3. The third kappa shape index (κ3) is 7.22. The SMILES string of the molecule is COc1cc(C2C3=C(CC(C)(C)CC3=O)N(CCc3ccccc3)C3=C2C(=O)CC(C)(C)C3)ccc1OCC(=O)Nc1ccc(C)cc1C. The molecule has 7 nitrogen and oxygen atoms in total. The molecule has 0 aromatic heterocycles. The molecule has 0 fully saturated rings. The molecule has 1 N–H and O–H groups in total. The van der Waals surface area contributed by atoms with Gasteiger partial charge in [0.1, 0.15) is 0 Å². The average molecular weight is 661 g/mol. The first-order chi connectivity index (χ1) is 23.2. The highest BCUT2D eigenvalue weighted by Gasteiger charge is 2.49. The highest BCUT2D eigenvalue weighted by Crippen LogP contribution is 2.55. The molecular formula is C42H48N2O5. The molecular weight excluding hydrogens is 612 g/mol. The van der Waals surface area contributed by atoms with Crippen molar-refractivity contribution >= 4 is 23.2 Å². The van der Waals surface area contributed by atoms with Crippen LogP contribution in [0.25, 0.3) is 0 Å². The first kappa shape index (κ1) is 34.2. The maximum Gasteiger partial charge on any atom is 0.262 e. The van der Waals surface area contributed by atoms with Gasteiger partial charge in [0.05, 0.1) is 7.11 Å². The quantitative estimate of drug-likeness (QED) is 0.249. The van der Waals surface area contributed by atoms with Crippen LogP contribution >= 0.6 is 0 Å². The normalized spacial score (nSPS) is 18.6. The van der Waals surface area contributed by atoms with Crippen LogP contribution in [0.2, 0.25) is 0 Å². The molecule has 0 radical (unpaired) electrons. The number of carbonyl (C=O) groups is 3. The lowest BCUT2D eigenvalue weighted by Gasteiger charge is -2.49. The second kappa shape index (κ2) is 13.3. The van der Waals surface area contributed by atoms with Gasteiger partial charge in [-0.1, -0.05) is 81.8 Å². The summed E-state index contributed by atoms with van der Waals surface area (Å²) in [6, 6.07) is 21.8. The van der Waals surface area contributed by atoms with Gasteiger partial charge in [-0.2, -0.15) is 0 Å². The molecule has 0 bridgehead atoms. The third-order valence-corrected chi connectivity index (χ3v) is 10.0. The molecule has 2 aliphatic carbocycles. The molecule has 0 atom stereocenters. The number of anilines is 1. The maximum absolute atomic E-state index is 14.2. The third-order valence-electron chi connectivity index (χ3n) is 10.0. The van der Waals surface area contributed by atoms with Crippen molar-refractivity contribution in [1.82, 2.24) is 4.90 Å². The van der Waals surface area contributed by atoms with E-state index in [4.69, 9.17) is 9.47 Å². The zero-order valence-corrected chi connectivity index (χ0v) is 29.9.